The number of pyridine rings is 1. The molecule has 0 bridgehead atoms. The number of para-hydroxylation sites is 1. The Morgan fingerprint density at radius 1 is 0.943 bits per heavy atom. The molecule has 4 heterocycles. The lowest BCUT2D eigenvalue weighted by atomic mass is 10.1. The van der Waals surface area contributed by atoms with Gasteiger partial charge in [-0.25, -0.2) is 4.98 Å². The van der Waals surface area contributed by atoms with Crippen LogP contribution in [0.25, 0.3) is 0 Å². The molecule has 2 amide bonds. The molecule has 35 heavy (non-hydrogen) atoms. The highest BCUT2D eigenvalue weighted by molar-refractivity contribution is 6.17. The van der Waals surface area contributed by atoms with Crippen molar-refractivity contribution in [2.45, 2.75) is 6.54 Å². The average Bonchev–Trinajstić information content (AvgIpc) is 3.30. The van der Waals surface area contributed by atoms with E-state index in [0.717, 1.165) is 44.2 Å². The molecule has 3 aliphatic heterocycles. The highest BCUT2D eigenvalue weighted by atomic mass is 16.7. The van der Waals surface area contributed by atoms with Crippen LogP contribution in [0.4, 0.5) is 17.2 Å². The largest absolute Gasteiger partial charge is 0.454 e. The summed E-state index contributed by atoms with van der Waals surface area (Å²) >= 11 is 0. The summed E-state index contributed by atoms with van der Waals surface area (Å²) in [6.07, 6.45) is 1.63. The fourth-order valence-corrected chi connectivity index (χ4v) is 4.75. The van der Waals surface area contributed by atoms with Gasteiger partial charge >= 0.3 is 0 Å². The molecule has 0 saturated carbocycles. The predicted molar refractivity (Wildman–Crippen MR) is 130 cm³/mol. The molecule has 9 heteroatoms. The van der Waals surface area contributed by atoms with Gasteiger partial charge in [-0.15, -0.1) is 0 Å². The van der Waals surface area contributed by atoms with Gasteiger partial charge in [0.25, 0.3) is 5.91 Å². The van der Waals surface area contributed by atoms with E-state index < -0.39 is 0 Å². The molecule has 1 aromatic heterocycles. The summed E-state index contributed by atoms with van der Waals surface area (Å²) in [6, 6.07) is 16.7. The number of amides is 2. The zero-order valence-electron chi connectivity index (χ0n) is 19.1. The van der Waals surface area contributed by atoms with E-state index in [0.29, 0.717) is 22.8 Å². The lowest BCUT2D eigenvalue weighted by molar-refractivity contribution is -0.119. The van der Waals surface area contributed by atoms with Gasteiger partial charge in [0.2, 0.25) is 12.7 Å². The summed E-state index contributed by atoms with van der Waals surface area (Å²) in [4.78, 5) is 36.9. The maximum Gasteiger partial charge on any atom is 0.257 e. The Morgan fingerprint density at radius 2 is 1.74 bits per heavy atom. The van der Waals surface area contributed by atoms with Gasteiger partial charge in [-0.2, -0.15) is 0 Å². The zero-order chi connectivity index (χ0) is 23.8. The number of anilines is 3. The molecule has 0 atom stereocenters. The standard InChI is InChI=1S/C26H25N5O4/c32-24(31-21-6-2-1-4-19(21)26(33)28-20-5-3-9-27-25(20)31)16-30-12-10-29(11-13-30)15-18-7-8-22-23(14-18)35-17-34-22/h1-9,14H,10-13,15-17H2,(H,28,33). The maximum atomic E-state index is 13.6. The number of aromatic nitrogens is 1. The SMILES string of the molecule is O=C1Nc2cccnc2N(C(=O)CN2CCN(Cc3ccc4c(c3)OCO4)CC2)c2ccccc21. The molecule has 1 fully saturated rings. The third-order valence-corrected chi connectivity index (χ3v) is 6.55. The third kappa shape index (κ3) is 4.20. The summed E-state index contributed by atoms with van der Waals surface area (Å²) in [5.41, 5.74) is 2.71. The maximum absolute atomic E-state index is 13.6. The van der Waals surface area contributed by atoms with Gasteiger partial charge in [0.1, 0.15) is 0 Å². The molecule has 178 valence electrons. The van der Waals surface area contributed by atoms with E-state index in [4.69, 9.17) is 9.47 Å². The third-order valence-electron chi connectivity index (χ3n) is 6.55. The molecule has 0 unspecified atom stereocenters. The number of rotatable bonds is 4. The second kappa shape index (κ2) is 9.01. The molecule has 3 aliphatic rings. The first-order valence-electron chi connectivity index (χ1n) is 11.7. The van der Waals surface area contributed by atoms with E-state index in [1.165, 1.54) is 5.56 Å². The van der Waals surface area contributed by atoms with Gasteiger partial charge in [0.15, 0.2) is 17.3 Å². The lowest BCUT2D eigenvalue weighted by Crippen LogP contribution is -2.49. The minimum absolute atomic E-state index is 0.113. The van der Waals surface area contributed by atoms with Crippen molar-refractivity contribution in [3.05, 3.63) is 71.9 Å². The number of benzene rings is 2. The number of ether oxygens (including phenoxy) is 2. The predicted octanol–water partition coefficient (Wildman–Crippen LogP) is 2.86. The Labute approximate surface area is 202 Å². The van der Waals surface area contributed by atoms with Crippen molar-refractivity contribution >= 4 is 29.0 Å². The van der Waals surface area contributed by atoms with Gasteiger partial charge in [0, 0.05) is 38.9 Å². The first kappa shape index (κ1) is 21.6. The number of piperazine rings is 1. The Morgan fingerprint density at radius 3 is 2.63 bits per heavy atom. The minimum Gasteiger partial charge on any atom is -0.454 e. The van der Waals surface area contributed by atoms with Gasteiger partial charge < -0.3 is 14.8 Å². The Balaban J connectivity index is 1.14. The van der Waals surface area contributed by atoms with Crippen molar-refractivity contribution in [2.24, 2.45) is 0 Å². The quantitative estimate of drug-likeness (QED) is 0.626. The number of hydrogen-bond donors (Lipinski definition) is 1. The molecule has 0 aliphatic carbocycles. The molecular formula is C26H25N5O4. The topological polar surface area (TPSA) is 87.2 Å². The monoisotopic (exact) mass is 471 g/mol. The van der Waals surface area contributed by atoms with Crippen LogP contribution in [-0.4, -0.2) is 66.1 Å². The summed E-state index contributed by atoms with van der Waals surface area (Å²) in [6.45, 7) is 4.60. The first-order chi connectivity index (χ1) is 17.2. The van der Waals surface area contributed by atoms with Crippen LogP contribution in [0, 0.1) is 0 Å². The first-order valence-corrected chi connectivity index (χ1v) is 11.7. The van der Waals surface area contributed by atoms with Crippen molar-refractivity contribution in [1.82, 2.24) is 14.8 Å². The molecule has 1 N–H and O–H groups in total. The van der Waals surface area contributed by atoms with Crippen LogP contribution in [-0.2, 0) is 11.3 Å². The van der Waals surface area contributed by atoms with Crippen LogP contribution in [0.3, 0.4) is 0 Å². The number of nitrogens with one attached hydrogen (secondary N) is 1. The minimum atomic E-state index is -0.248. The highest BCUT2D eigenvalue weighted by Gasteiger charge is 2.31. The van der Waals surface area contributed by atoms with E-state index in [1.807, 2.05) is 18.2 Å². The van der Waals surface area contributed by atoms with Crippen molar-refractivity contribution < 1.29 is 19.1 Å². The second-order valence-electron chi connectivity index (χ2n) is 8.81. The molecule has 0 radical (unpaired) electrons. The smallest absolute Gasteiger partial charge is 0.257 e. The van der Waals surface area contributed by atoms with E-state index >= 15 is 0 Å². The molecule has 6 rings (SSSR count). The Hall–Kier alpha value is -3.95. The molecule has 1 saturated heterocycles. The number of fused-ring (bicyclic) bond motifs is 3. The summed E-state index contributed by atoms with van der Waals surface area (Å²) in [5, 5.41) is 2.88. The van der Waals surface area contributed by atoms with Gasteiger partial charge in [-0.05, 0) is 42.0 Å². The molecule has 2 aromatic carbocycles. The van der Waals surface area contributed by atoms with E-state index in [-0.39, 0.29) is 25.2 Å². The Bertz CT molecular complexity index is 1290. The van der Waals surface area contributed by atoms with Crippen LogP contribution in [0.1, 0.15) is 15.9 Å². The van der Waals surface area contributed by atoms with E-state index in [1.54, 1.807) is 41.4 Å². The average molecular weight is 472 g/mol. The van der Waals surface area contributed by atoms with Crippen LogP contribution >= 0.6 is 0 Å². The van der Waals surface area contributed by atoms with E-state index in [9.17, 15) is 9.59 Å². The normalized spacial score (nSPS) is 17.4. The van der Waals surface area contributed by atoms with E-state index in [2.05, 4.69) is 26.2 Å². The zero-order valence-corrected chi connectivity index (χ0v) is 19.1. The number of carbonyl (C=O) groups is 2. The fraction of sp³-hybridized carbons (Fsp3) is 0.269. The van der Waals surface area contributed by atoms with Crippen molar-refractivity contribution in [3.8, 4) is 11.5 Å². The van der Waals surface area contributed by atoms with Crippen molar-refractivity contribution in [2.75, 3.05) is 49.7 Å². The summed E-state index contributed by atoms with van der Waals surface area (Å²) < 4.78 is 10.9. The van der Waals surface area contributed by atoms with Crippen LogP contribution < -0.4 is 19.7 Å². The molecule has 3 aromatic rings. The molecule has 9 nitrogen and oxygen atoms in total. The van der Waals surface area contributed by atoms with Gasteiger partial charge in [-0.1, -0.05) is 18.2 Å². The number of hydrogen-bond acceptors (Lipinski definition) is 7. The van der Waals surface area contributed by atoms with Crippen LogP contribution in [0.15, 0.2) is 60.8 Å². The van der Waals surface area contributed by atoms with Crippen molar-refractivity contribution in [3.63, 3.8) is 0 Å². The number of carbonyl (C=O) groups excluding carboxylic acids is 2. The summed E-state index contributed by atoms with van der Waals surface area (Å²) in [5.74, 6) is 1.67. The summed E-state index contributed by atoms with van der Waals surface area (Å²) in [7, 11) is 0. The van der Waals surface area contributed by atoms with Crippen LogP contribution in [0.2, 0.25) is 0 Å². The van der Waals surface area contributed by atoms with Crippen LogP contribution in [0.5, 0.6) is 11.5 Å². The Kier molecular flexibility index (Phi) is 5.55. The second-order valence-corrected chi connectivity index (χ2v) is 8.81. The van der Waals surface area contributed by atoms with Crippen molar-refractivity contribution in [1.29, 1.82) is 0 Å². The fourth-order valence-electron chi connectivity index (χ4n) is 4.75. The van der Waals surface area contributed by atoms with Gasteiger partial charge in [-0.3, -0.25) is 24.3 Å². The highest BCUT2D eigenvalue weighted by Crippen LogP contribution is 2.36. The van der Waals surface area contributed by atoms with Gasteiger partial charge in [0.05, 0.1) is 23.5 Å². The lowest BCUT2D eigenvalue weighted by Gasteiger charge is -2.35. The molecule has 0 spiro atoms. The molecular weight excluding hydrogens is 446 g/mol. The number of nitrogens with zero attached hydrogens (tertiary/aromatic N) is 4.